The van der Waals surface area contributed by atoms with Crippen LogP contribution >= 0.6 is 0 Å². The van der Waals surface area contributed by atoms with E-state index in [4.69, 9.17) is 4.74 Å². The van der Waals surface area contributed by atoms with Crippen LogP contribution in [0, 0.1) is 0 Å². The van der Waals surface area contributed by atoms with Gasteiger partial charge in [0.1, 0.15) is 0 Å². The number of ether oxygens (including phenoxy) is 1. The van der Waals surface area contributed by atoms with E-state index in [1.807, 2.05) is 45.9 Å². The van der Waals surface area contributed by atoms with Gasteiger partial charge >= 0.3 is 5.97 Å². The minimum Gasteiger partial charge on any atom is -0.462 e. The Kier molecular flexibility index (Phi) is 7.49. The summed E-state index contributed by atoms with van der Waals surface area (Å²) in [5, 5.41) is 0. The number of imide groups is 1. The van der Waals surface area contributed by atoms with Gasteiger partial charge in [-0.3, -0.25) is 9.59 Å². The van der Waals surface area contributed by atoms with Crippen LogP contribution in [0.5, 0.6) is 0 Å². The summed E-state index contributed by atoms with van der Waals surface area (Å²) in [6.07, 6.45) is 3.97. The van der Waals surface area contributed by atoms with Crippen molar-refractivity contribution in [2.24, 2.45) is 0 Å². The van der Waals surface area contributed by atoms with Crippen molar-refractivity contribution in [2.75, 3.05) is 11.5 Å². The second kappa shape index (κ2) is 10.1. The van der Waals surface area contributed by atoms with Crippen LogP contribution in [-0.2, 0) is 4.74 Å². The van der Waals surface area contributed by atoms with E-state index >= 15 is 0 Å². The van der Waals surface area contributed by atoms with Crippen molar-refractivity contribution in [1.82, 2.24) is 0 Å². The number of carbonyl (C=O) groups is 3. The van der Waals surface area contributed by atoms with E-state index < -0.39 is 17.8 Å². The summed E-state index contributed by atoms with van der Waals surface area (Å²) in [6.45, 7) is 10.6. The molecular weight excluding hydrogens is 402 g/mol. The van der Waals surface area contributed by atoms with Crippen molar-refractivity contribution in [3.05, 3.63) is 64.2 Å². The molecule has 0 atom stereocenters. The van der Waals surface area contributed by atoms with Crippen molar-refractivity contribution in [3.8, 4) is 0 Å². The number of fused-ring (bicyclic) bond motifs is 1. The maximum absolute atomic E-state index is 13.6. The van der Waals surface area contributed by atoms with E-state index in [9.17, 15) is 14.4 Å². The summed E-state index contributed by atoms with van der Waals surface area (Å²) < 4.78 is 5.43. The zero-order valence-corrected chi connectivity index (χ0v) is 19.7. The number of anilines is 1. The first kappa shape index (κ1) is 23.7. The summed E-state index contributed by atoms with van der Waals surface area (Å²) in [5.74, 6) is -1.15. The highest BCUT2D eigenvalue weighted by atomic mass is 16.5. The van der Waals surface area contributed by atoms with E-state index in [0.29, 0.717) is 12.3 Å². The standard InChI is InChI=1S/C27H33NO4/c1-6-7-8-9-16-32-27(31)22-15-11-14-21-23(22)26(30)28(25(21)29)24-19(17(2)3)12-10-13-20(24)18(4)5/h10-15,17-18H,6-9,16H2,1-5H3. The van der Waals surface area contributed by atoms with E-state index in [-0.39, 0.29) is 28.5 Å². The molecule has 5 nitrogen and oxygen atoms in total. The third-order valence-electron chi connectivity index (χ3n) is 5.93. The molecule has 0 fully saturated rings. The lowest BCUT2D eigenvalue weighted by atomic mass is 9.92. The largest absolute Gasteiger partial charge is 0.462 e. The minimum absolute atomic E-state index is 0.126. The van der Waals surface area contributed by atoms with Gasteiger partial charge in [-0.15, -0.1) is 0 Å². The third-order valence-corrected chi connectivity index (χ3v) is 5.93. The van der Waals surface area contributed by atoms with Gasteiger partial charge in [-0.25, -0.2) is 9.69 Å². The Balaban J connectivity index is 1.99. The van der Waals surface area contributed by atoms with E-state index in [1.165, 1.54) is 4.90 Å². The van der Waals surface area contributed by atoms with Gasteiger partial charge in [0.2, 0.25) is 0 Å². The zero-order chi connectivity index (χ0) is 23.4. The maximum Gasteiger partial charge on any atom is 0.338 e. The highest BCUT2D eigenvalue weighted by Crippen LogP contribution is 2.40. The first-order chi connectivity index (χ1) is 15.3. The Labute approximate surface area is 190 Å². The third kappa shape index (κ3) is 4.47. The number of carbonyl (C=O) groups excluding carboxylic acids is 3. The first-order valence-corrected chi connectivity index (χ1v) is 11.6. The molecule has 5 heteroatoms. The number of unbranched alkanes of at least 4 members (excludes halogenated alkanes) is 3. The molecule has 0 aliphatic carbocycles. The van der Waals surface area contributed by atoms with Crippen LogP contribution in [0.1, 0.15) is 114 Å². The number of rotatable bonds is 9. The molecule has 0 N–H and O–H groups in total. The summed E-state index contributed by atoms with van der Waals surface area (Å²) >= 11 is 0. The highest BCUT2D eigenvalue weighted by Gasteiger charge is 2.42. The molecule has 32 heavy (non-hydrogen) atoms. The molecule has 0 spiro atoms. The van der Waals surface area contributed by atoms with Crippen molar-refractivity contribution in [2.45, 2.75) is 72.1 Å². The summed E-state index contributed by atoms with van der Waals surface area (Å²) in [4.78, 5) is 41.0. The summed E-state index contributed by atoms with van der Waals surface area (Å²) in [6, 6.07) is 10.7. The molecule has 1 aliphatic heterocycles. The smallest absolute Gasteiger partial charge is 0.338 e. The van der Waals surface area contributed by atoms with Crippen LogP contribution in [-0.4, -0.2) is 24.4 Å². The molecule has 0 unspecified atom stereocenters. The SMILES string of the molecule is CCCCCCOC(=O)c1cccc2c1C(=O)N(c1c(C(C)C)cccc1C(C)C)C2=O. The maximum atomic E-state index is 13.6. The molecule has 0 saturated carbocycles. The van der Waals surface area contributed by atoms with Crippen LogP contribution in [0.3, 0.4) is 0 Å². The lowest BCUT2D eigenvalue weighted by Gasteiger charge is -2.25. The van der Waals surface area contributed by atoms with Crippen molar-refractivity contribution < 1.29 is 19.1 Å². The Morgan fingerprint density at radius 1 is 0.875 bits per heavy atom. The van der Waals surface area contributed by atoms with Crippen molar-refractivity contribution in [1.29, 1.82) is 0 Å². The normalized spacial score (nSPS) is 13.3. The number of esters is 1. The quantitative estimate of drug-likeness (QED) is 0.257. The molecular formula is C27H33NO4. The van der Waals surface area contributed by atoms with Crippen molar-refractivity contribution >= 4 is 23.5 Å². The molecule has 0 saturated heterocycles. The Hall–Kier alpha value is -2.95. The molecule has 0 radical (unpaired) electrons. The zero-order valence-electron chi connectivity index (χ0n) is 19.7. The van der Waals surface area contributed by atoms with E-state index in [1.54, 1.807) is 18.2 Å². The lowest BCUT2D eigenvalue weighted by molar-refractivity contribution is 0.0495. The molecule has 2 aromatic rings. The first-order valence-electron chi connectivity index (χ1n) is 11.6. The van der Waals surface area contributed by atoms with Gasteiger partial charge < -0.3 is 4.74 Å². The number of nitrogens with zero attached hydrogens (tertiary/aromatic N) is 1. The fourth-order valence-electron chi connectivity index (χ4n) is 4.20. The molecule has 1 heterocycles. The Bertz CT molecular complexity index is 996. The van der Waals surface area contributed by atoms with Gasteiger partial charge in [0.15, 0.2) is 0 Å². The predicted octanol–water partition coefficient (Wildman–Crippen LogP) is 6.47. The van der Waals surface area contributed by atoms with Gasteiger partial charge in [-0.05, 0) is 41.5 Å². The van der Waals surface area contributed by atoms with E-state index in [0.717, 1.165) is 36.8 Å². The van der Waals surface area contributed by atoms with Gasteiger partial charge in [-0.1, -0.05) is 78.1 Å². The van der Waals surface area contributed by atoms with Gasteiger partial charge in [-0.2, -0.15) is 0 Å². The Morgan fingerprint density at radius 2 is 1.50 bits per heavy atom. The topological polar surface area (TPSA) is 63.7 Å². The lowest BCUT2D eigenvalue weighted by Crippen LogP contribution is -2.32. The van der Waals surface area contributed by atoms with E-state index in [2.05, 4.69) is 6.92 Å². The second-order valence-electron chi connectivity index (χ2n) is 8.96. The number of hydrogen-bond donors (Lipinski definition) is 0. The Morgan fingerprint density at radius 3 is 2.09 bits per heavy atom. The summed E-state index contributed by atoms with van der Waals surface area (Å²) in [7, 11) is 0. The number of benzene rings is 2. The average molecular weight is 436 g/mol. The monoisotopic (exact) mass is 435 g/mol. The van der Waals surface area contributed by atoms with Crippen LogP contribution in [0.2, 0.25) is 0 Å². The van der Waals surface area contributed by atoms with Crippen LogP contribution in [0.15, 0.2) is 36.4 Å². The van der Waals surface area contributed by atoms with Crippen LogP contribution in [0.25, 0.3) is 0 Å². The minimum atomic E-state index is -0.553. The van der Waals surface area contributed by atoms with Crippen LogP contribution in [0.4, 0.5) is 5.69 Å². The molecule has 3 rings (SSSR count). The van der Waals surface area contributed by atoms with Gasteiger partial charge in [0.25, 0.3) is 11.8 Å². The number of amides is 2. The predicted molar refractivity (Wildman–Crippen MR) is 127 cm³/mol. The molecule has 0 aromatic heterocycles. The molecule has 170 valence electrons. The molecule has 2 amide bonds. The summed E-state index contributed by atoms with van der Waals surface area (Å²) in [5.41, 5.74) is 3.07. The highest BCUT2D eigenvalue weighted by molar-refractivity contribution is 6.36. The van der Waals surface area contributed by atoms with Crippen molar-refractivity contribution in [3.63, 3.8) is 0 Å². The second-order valence-corrected chi connectivity index (χ2v) is 8.96. The number of hydrogen-bond acceptors (Lipinski definition) is 4. The molecule has 1 aliphatic rings. The van der Waals surface area contributed by atoms with Crippen LogP contribution < -0.4 is 4.90 Å². The van der Waals surface area contributed by atoms with Gasteiger partial charge in [0, 0.05) is 0 Å². The fourth-order valence-corrected chi connectivity index (χ4v) is 4.20. The number of para-hydroxylation sites is 1. The fraction of sp³-hybridized carbons (Fsp3) is 0.444. The molecule has 0 bridgehead atoms. The average Bonchev–Trinajstić information content (AvgIpc) is 3.02. The van der Waals surface area contributed by atoms with Gasteiger partial charge in [0.05, 0.1) is 29.0 Å². The molecule has 2 aromatic carbocycles.